The smallest absolute Gasteiger partial charge is 0.258 e. The van der Waals surface area contributed by atoms with Gasteiger partial charge in [-0.05, 0) is 42.8 Å². The summed E-state index contributed by atoms with van der Waals surface area (Å²) in [5, 5.41) is 2.48. The van der Waals surface area contributed by atoms with Gasteiger partial charge in [0.1, 0.15) is 11.6 Å². The molecule has 0 atom stereocenters. The number of benzene rings is 2. The van der Waals surface area contributed by atoms with Gasteiger partial charge in [0.05, 0.1) is 11.3 Å². The average molecular weight is 297 g/mol. The molecule has 0 aliphatic carbocycles. The van der Waals surface area contributed by atoms with E-state index >= 15 is 0 Å². The minimum absolute atomic E-state index is 0.0844. The number of rotatable bonds is 2. The topological polar surface area (TPSA) is 55.1 Å². The normalized spacial score (nSPS) is 10.4. The van der Waals surface area contributed by atoms with Crippen molar-refractivity contribution in [1.82, 2.24) is 0 Å². The molecular formula is C14H11ClF2N2O. The van der Waals surface area contributed by atoms with E-state index in [0.717, 1.165) is 6.07 Å². The zero-order valence-electron chi connectivity index (χ0n) is 10.5. The summed E-state index contributed by atoms with van der Waals surface area (Å²) in [6.07, 6.45) is 0. The van der Waals surface area contributed by atoms with E-state index in [9.17, 15) is 13.6 Å². The summed E-state index contributed by atoms with van der Waals surface area (Å²) in [5.41, 5.74) is 5.75. The number of nitrogens with two attached hydrogens (primary N) is 1. The number of halogens is 3. The van der Waals surface area contributed by atoms with Gasteiger partial charge in [-0.2, -0.15) is 0 Å². The van der Waals surface area contributed by atoms with E-state index in [0.29, 0.717) is 0 Å². The average Bonchev–Trinajstić information content (AvgIpc) is 2.37. The molecule has 0 aromatic heterocycles. The molecule has 3 nitrogen and oxygen atoms in total. The molecule has 0 heterocycles. The maximum Gasteiger partial charge on any atom is 0.258 e. The number of hydrogen-bond donors (Lipinski definition) is 2. The number of carbonyl (C=O) groups is 1. The molecule has 2 rings (SSSR count). The lowest BCUT2D eigenvalue weighted by Gasteiger charge is -2.09. The summed E-state index contributed by atoms with van der Waals surface area (Å²) < 4.78 is 27.4. The molecule has 6 heteroatoms. The van der Waals surface area contributed by atoms with E-state index in [2.05, 4.69) is 5.32 Å². The van der Waals surface area contributed by atoms with Crippen LogP contribution in [0.25, 0.3) is 0 Å². The highest BCUT2D eigenvalue weighted by Gasteiger charge is 2.16. The van der Waals surface area contributed by atoms with Crippen molar-refractivity contribution in [1.29, 1.82) is 0 Å². The molecule has 0 radical (unpaired) electrons. The Hall–Kier alpha value is -2.14. The molecule has 104 valence electrons. The lowest BCUT2D eigenvalue weighted by atomic mass is 10.1. The minimum Gasteiger partial charge on any atom is -0.399 e. The van der Waals surface area contributed by atoms with E-state index in [1.54, 1.807) is 0 Å². The van der Waals surface area contributed by atoms with Crippen LogP contribution in [0.4, 0.5) is 20.2 Å². The van der Waals surface area contributed by atoms with Crippen molar-refractivity contribution < 1.29 is 13.6 Å². The molecule has 3 N–H and O–H groups in total. The zero-order valence-corrected chi connectivity index (χ0v) is 11.3. The second kappa shape index (κ2) is 5.46. The Morgan fingerprint density at radius 3 is 2.60 bits per heavy atom. The van der Waals surface area contributed by atoms with Gasteiger partial charge in [0.15, 0.2) is 0 Å². The number of carbonyl (C=O) groups excluding carboxylic acids is 1. The van der Waals surface area contributed by atoms with Crippen LogP contribution in [-0.2, 0) is 0 Å². The highest BCUT2D eigenvalue weighted by molar-refractivity contribution is 6.30. The molecule has 1 amide bonds. The van der Waals surface area contributed by atoms with Gasteiger partial charge < -0.3 is 11.1 Å². The largest absolute Gasteiger partial charge is 0.399 e. The standard InChI is InChI=1S/C14H11ClF2N2O/c1-7-4-9(18)6-10(13(7)17)14(20)19-12-3-2-8(15)5-11(12)16/h2-6H,18H2,1H3,(H,19,20). The predicted octanol–water partition coefficient (Wildman–Crippen LogP) is 3.76. The Bertz CT molecular complexity index is 689. The van der Waals surface area contributed by atoms with E-state index < -0.39 is 17.5 Å². The van der Waals surface area contributed by atoms with Crippen LogP contribution in [0.5, 0.6) is 0 Å². The van der Waals surface area contributed by atoms with Gasteiger partial charge in [-0.1, -0.05) is 11.6 Å². The van der Waals surface area contributed by atoms with Crippen molar-refractivity contribution in [2.75, 3.05) is 11.1 Å². The molecular weight excluding hydrogens is 286 g/mol. The molecule has 0 fully saturated rings. The second-order valence-electron chi connectivity index (χ2n) is 4.28. The SMILES string of the molecule is Cc1cc(N)cc(C(=O)Nc2ccc(Cl)cc2F)c1F. The summed E-state index contributed by atoms with van der Waals surface area (Å²) in [5.74, 6) is -2.17. The highest BCUT2D eigenvalue weighted by atomic mass is 35.5. The Kier molecular flexibility index (Phi) is 3.90. The third-order valence-electron chi connectivity index (χ3n) is 2.70. The number of amides is 1. The van der Waals surface area contributed by atoms with Crippen LogP contribution in [0.1, 0.15) is 15.9 Å². The Morgan fingerprint density at radius 1 is 1.25 bits per heavy atom. The summed E-state index contributed by atoms with van der Waals surface area (Å²) in [6, 6.07) is 6.38. The monoisotopic (exact) mass is 296 g/mol. The third kappa shape index (κ3) is 2.88. The molecule has 20 heavy (non-hydrogen) atoms. The number of hydrogen-bond acceptors (Lipinski definition) is 2. The maximum atomic E-state index is 13.9. The molecule has 0 aliphatic rings. The Balaban J connectivity index is 2.33. The van der Waals surface area contributed by atoms with E-state index in [4.69, 9.17) is 17.3 Å². The summed E-state index contributed by atoms with van der Waals surface area (Å²) in [6.45, 7) is 1.49. The number of nitrogens with one attached hydrogen (secondary N) is 1. The summed E-state index contributed by atoms with van der Waals surface area (Å²) >= 11 is 5.61. The van der Waals surface area contributed by atoms with Crippen LogP contribution in [0, 0.1) is 18.6 Å². The van der Waals surface area contributed by atoms with Gasteiger partial charge in [-0.3, -0.25) is 4.79 Å². The van der Waals surface area contributed by atoms with Crippen LogP contribution in [0.3, 0.4) is 0 Å². The van der Waals surface area contributed by atoms with Crippen molar-refractivity contribution in [3.8, 4) is 0 Å². The fourth-order valence-corrected chi connectivity index (χ4v) is 1.90. The highest BCUT2D eigenvalue weighted by Crippen LogP contribution is 2.22. The first-order valence-corrected chi connectivity index (χ1v) is 6.08. The van der Waals surface area contributed by atoms with Crippen molar-refractivity contribution in [3.63, 3.8) is 0 Å². The lowest BCUT2D eigenvalue weighted by Crippen LogP contribution is -2.15. The van der Waals surface area contributed by atoms with Crippen LogP contribution >= 0.6 is 11.6 Å². The lowest BCUT2D eigenvalue weighted by molar-refractivity contribution is 0.102. The maximum absolute atomic E-state index is 13.9. The molecule has 0 saturated carbocycles. The van der Waals surface area contributed by atoms with Gasteiger partial charge in [-0.15, -0.1) is 0 Å². The molecule has 2 aromatic rings. The fourth-order valence-electron chi connectivity index (χ4n) is 1.74. The predicted molar refractivity (Wildman–Crippen MR) is 74.9 cm³/mol. The van der Waals surface area contributed by atoms with Gasteiger partial charge in [0.2, 0.25) is 0 Å². The van der Waals surface area contributed by atoms with E-state index in [1.807, 2.05) is 0 Å². The van der Waals surface area contributed by atoms with Crippen molar-refractivity contribution in [2.45, 2.75) is 6.92 Å². The summed E-state index contributed by atoms with van der Waals surface area (Å²) in [7, 11) is 0. The molecule has 0 unspecified atom stereocenters. The Labute approximate surface area is 119 Å². The number of aryl methyl sites for hydroxylation is 1. The van der Waals surface area contributed by atoms with E-state index in [-0.39, 0.29) is 27.5 Å². The van der Waals surface area contributed by atoms with E-state index in [1.165, 1.54) is 31.2 Å². The number of anilines is 2. The van der Waals surface area contributed by atoms with Crippen molar-refractivity contribution >= 4 is 28.9 Å². The quantitative estimate of drug-likeness (QED) is 0.829. The van der Waals surface area contributed by atoms with Crippen LogP contribution in [0.15, 0.2) is 30.3 Å². The van der Waals surface area contributed by atoms with Crippen molar-refractivity contribution in [3.05, 3.63) is 58.1 Å². The first-order valence-electron chi connectivity index (χ1n) is 5.70. The third-order valence-corrected chi connectivity index (χ3v) is 2.94. The van der Waals surface area contributed by atoms with Crippen LogP contribution < -0.4 is 11.1 Å². The minimum atomic E-state index is -0.779. The Morgan fingerprint density at radius 2 is 1.95 bits per heavy atom. The molecule has 0 bridgehead atoms. The van der Waals surface area contributed by atoms with Gasteiger partial charge in [0, 0.05) is 10.7 Å². The van der Waals surface area contributed by atoms with Gasteiger partial charge >= 0.3 is 0 Å². The molecule has 0 saturated heterocycles. The number of nitrogen functional groups attached to an aromatic ring is 1. The second-order valence-corrected chi connectivity index (χ2v) is 4.71. The van der Waals surface area contributed by atoms with Gasteiger partial charge in [0.25, 0.3) is 5.91 Å². The van der Waals surface area contributed by atoms with Gasteiger partial charge in [-0.25, -0.2) is 8.78 Å². The van der Waals surface area contributed by atoms with Crippen LogP contribution in [0.2, 0.25) is 5.02 Å². The zero-order chi connectivity index (χ0) is 14.9. The molecule has 2 aromatic carbocycles. The summed E-state index contributed by atoms with van der Waals surface area (Å²) in [4.78, 5) is 12.0. The van der Waals surface area contributed by atoms with Crippen molar-refractivity contribution in [2.24, 2.45) is 0 Å². The molecule has 0 spiro atoms. The first-order chi connectivity index (χ1) is 9.38. The molecule has 0 aliphatic heterocycles. The first kappa shape index (κ1) is 14.3. The van der Waals surface area contributed by atoms with Crippen LogP contribution in [-0.4, -0.2) is 5.91 Å². The fraction of sp³-hybridized carbons (Fsp3) is 0.0714.